The molecule has 1 saturated heterocycles. The van der Waals surface area contributed by atoms with Crippen LogP contribution >= 0.6 is 0 Å². The number of likely N-dealkylation sites (tertiary alicyclic amines) is 1. The van der Waals surface area contributed by atoms with E-state index in [1.165, 1.54) is 0 Å². The van der Waals surface area contributed by atoms with E-state index in [9.17, 15) is 9.18 Å². The number of piperidine rings is 1. The summed E-state index contributed by atoms with van der Waals surface area (Å²) < 4.78 is 19.1. The monoisotopic (exact) mass is 503 g/mol. The van der Waals surface area contributed by atoms with Crippen molar-refractivity contribution >= 4 is 17.3 Å². The summed E-state index contributed by atoms with van der Waals surface area (Å²) in [6.45, 7) is 2.81. The zero-order valence-electron chi connectivity index (χ0n) is 21.3. The van der Waals surface area contributed by atoms with E-state index >= 15 is 0 Å². The van der Waals surface area contributed by atoms with Gasteiger partial charge in [-0.05, 0) is 87.4 Å². The third-order valence-electron chi connectivity index (χ3n) is 7.42. The first kappa shape index (κ1) is 26.4. The standard InChI is InChI=1S/C29H34FN5O2/c1-20-14-26(4-2-21(20)17-31)34-25-10-12-35(13-11-25)29(36)19-37-28-8-6-24(7-9-28)33-27-5-3-22(18-32)23(15-27)16-30/h2-5,14-15,24-25,28,33-34H,6-13,16,19H2,1H3. The molecule has 1 heterocycles. The van der Waals surface area contributed by atoms with E-state index in [0.29, 0.717) is 35.8 Å². The third kappa shape index (κ3) is 6.99. The normalized spacial score (nSPS) is 20.1. The number of halogens is 1. The molecule has 1 saturated carbocycles. The molecule has 2 aromatic rings. The van der Waals surface area contributed by atoms with Gasteiger partial charge in [-0.25, -0.2) is 4.39 Å². The van der Waals surface area contributed by atoms with E-state index in [1.54, 1.807) is 12.1 Å². The number of rotatable bonds is 8. The first-order valence-electron chi connectivity index (χ1n) is 13.0. The maximum atomic E-state index is 13.2. The molecule has 0 atom stereocenters. The molecule has 2 aliphatic rings. The number of aryl methyl sites for hydroxylation is 1. The Morgan fingerprint density at radius 3 is 2.14 bits per heavy atom. The fraction of sp³-hybridized carbons (Fsp3) is 0.483. The van der Waals surface area contributed by atoms with E-state index in [4.69, 9.17) is 15.3 Å². The van der Waals surface area contributed by atoms with Gasteiger partial charge >= 0.3 is 0 Å². The number of hydrogen-bond acceptors (Lipinski definition) is 6. The minimum absolute atomic E-state index is 0.0456. The Labute approximate surface area is 218 Å². The van der Waals surface area contributed by atoms with E-state index in [2.05, 4.69) is 16.7 Å². The first-order valence-corrected chi connectivity index (χ1v) is 13.0. The molecule has 7 nitrogen and oxygen atoms in total. The van der Waals surface area contributed by atoms with Crippen molar-refractivity contribution in [3.8, 4) is 12.1 Å². The molecular formula is C29H34FN5O2. The molecule has 0 unspecified atom stereocenters. The number of anilines is 2. The maximum Gasteiger partial charge on any atom is 0.248 e. The van der Waals surface area contributed by atoms with Gasteiger partial charge in [-0.1, -0.05) is 0 Å². The minimum Gasteiger partial charge on any atom is -0.382 e. The number of benzene rings is 2. The molecule has 0 radical (unpaired) electrons. The summed E-state index contributed by atoms with van der Waals surface area (Å²) in [6.07, 6.45) is 5.39. The molecule has 1 aliphatic carbocycles. The Morgan fingerprint density at radius 2 is 1.54 bits per heavy atom. The molecule has 1 aliphatic heterocycles. The molecule has 0 aromatic heterocycles. The second kappa shape index (κ2) is 12.6. The Kier molecular flexibility index (Phi) is 8.98. The fourth-order valence-electron chi connectivity index (χ4n) is 5.18. The van der Waals surface area contributed by atoms with Crippen LogP contribution < -0.4 is 10.6 Å². The predicted octanol–water partition coefficient (Wildman–Crippen LogP) is 5.05. The quantitative estimate of drug-likeness (QED) is 0.523. The summed E-state index contributed by atoms with van der Waals surface area (Å²) >= 11 is 0. The second-order valence-electron chi connectivity index (χ2n) is 9.99. The van der Waals surface area contributed by atoms with Crippen LogP contribution in [0.4, 0.5) is 15.8 Å². The molecular weight excluding hydrogens is 469 g/mol. The van der Waals surface area contributed by atoms with Crippen LogP contribution in [-0.2, 0) is 16.2 Å². The highest BCUT2D eigenvalue weighted by Crippen LogP contribution is 2.26. The first-order chi connectivity index (χ1) is 18.0. The maximum absolute atomic E-state index is 13.2. The second-order valence-corrected chi connectivity index (χ2v) is 9.99. The minimum atomic E-state index is -0.655. The van der Waals surface area contributed by atoms with E-state index in [0.717, 1.165) is 55.5 Å². The number of carbonyl (C=O) groups is 1. The number of hydrogen-bond donors (Lipinski definition) is 2. The number of nitrogens with one attached hydrogen (secondary N) is 2. The van der Waals surface area contributed by atoms with Crippen LogP contribution in [-0.4, -0.2) is 48.7 Å². The predicted molar refractivity (Wildman–Crippen MR) is 141 cm³/mol. The van der Waals surface area contributed by atoms with Gasteiger partial charge in [0.25, 0.3) is 0 Å². The molecule has 0 spiro atoms. The summed E-state index contributed by atoms with van der Waals surface area (Å²) in [5, 5.41) is 25.1. The van der Waals surface area contributed by atoms with Crippen molar-refractivity contribution in [1.29, 1.82) is 10.5 Å². The molecule has 37 heavy (non-hydrogen) atoms. The Morgan fingerprint density at radius 1 is 0.946 bits per heavy atom. The number of amides is 1. The van der Waals surface area contributed by atoms with Gasteiger partial charge < -0.3 is 20.3 Å². The summed E-state index contributed by atoms with van der Waals surface area (Å²) in [5.41, 5.74) is 4.27. The lowest BCUT2D eigenvalue weighted by Crippen LogP contribution is -2.44. The lowest BCUT2D eigenvalue weighted by atomic mass is 9.92. The average molecular weight is 504 g/mol. The van der Waals surface area contributed by atoms with Gasteiger partial charge in [-0.2, -0.15) is 10.5 Å². The van der Waals surface area contributed by atoms with Crippen molar-refractivity contribution in [3.63, 3.8) is 0 Å². The molecule has 194 valence electrons. The van der Waals surface area contributed by atoms with Crippen LogP contribution in [0.2, 0.25) is 0 Å². The lowest BCUT2D eigenvalue weighted by Gasteiger charge is -2.34. The number of nitrogens with zero attached hydrogens (tertiary/aromatic N) is 3. The highest BCUT2D eigenvalue weighted by Gasteiger charge is 2.26. The molecule has 1 amide bonds. The third-order valence-corrected chi connectivity index (χ3v) is 7.42. The van der Waals surface area contributed by atoms with Crippen molar-refractivity contribution in [3.05, 3.63) is 58.7 Å². The van der Waals surface area contributed by atoms with Crippen LogP contribution in [0, 0.1) is 29.6 Å². The molecule has 2 aromatic carbocycles. The summed E-state index contributed by atoms with van der Waals surface area (Å²) in [5.74, 6) is 0.0456. The number of ether oxygens (including phenoxy) is 1. The van der Waals surface area contributed by atoms with Gasteiger partial charge in [-0.15, -0.1) is 0 Å². The van der Waals surface area contributed by atoms with Crippen molar-refractivity contribution < 1.29 is 13.9 Å². The van der Waals surface area contributed by atoms with Crippen molar-refractivity contribution in [1.82, 2.24) is 4.90 Å². The summed E-state index contributed by atoms with van der Waals surface area (Å²) in [4.78, 5) is 14.6. The lowest BCUT2D eigenvalue weighted by molar-refractivity contribution is -0.139. The van der Waals surface area contributed by atoms with Crippen molar-refractivity contribution in [2.24, 2.45) is 0 Å². The van der Waals surface area contributed by atoms with E-state index in [-0.39, 0.29) is 24.7 Å². The highest BCUT2D eigenvalue weighted by molar-refractivity contribution is 5.77. The molecule has 8 heteroatoms. The van der Waals surface area contributed by atoms with E-state index < -0.39 is 6.67 Å². The van der Waals surface area contributed by atoms with Gasteiger partial charge in [0.2, 0.25) is 5.91 Å². The topological polar surface area (TPSA) is 101 Å². The fourth-order valence-corrected chi connectivity index (χ4v) is 5.18. The zero-order chi connectivity index (χ0) is 26.2. The van der Waals surface area contributed by atoms with Crippen LogP contribution in [0.3, 0.4) is 0 Å². The summed E-state index contributed by atoms with van der Waals surface area (Å²) in [6, 6.07) is 15.7. The molecule has 2 N–H and O–H groups in total. The van der Waals surface area contributed by atoms with Gasteiger partial charge in [0.15, 0.2) is 0 Å². The largest absolute Gasteiger partial charge is 0.382 e. The van der Waals surface area contributed by atoms with Gasteiger partial charge in [-0.3, -0.25) is 4.79 Å². The Bertz CT molecular complexity index is 1170. The van der Waals surface area contributed by atoms with E-state index in [1.807, 2.05) is 42.2 Å². The molecule has 2 fully saturated rings. The van der Waals surface area contributed by atoms with Gasteiger partial charge in [0.05, 0.1) is 29.4 Å². The van der Waals surface area contributed by atoms with Crippen LogP contribution in [0.5, 0.6) is 0 Å². The van der Waals surface area contributed by atoms with Crippen molar-refractivity contribution in [2.75, 3.05) is 30.3 Å². The average Bonchev–Trinajstić information content (AvgIpc) is 2.93. The van der Waals surface area contributed by atoms with Crippen LogP contribution in [0.1, 0.15) is 60.8 Å². The number of alkyl halides is 1. The number of nitriles is 2. The summed E-state index contributed by atoms with van der Waals surface area (Å²) in [7, 11) is 0. The number of carbonyl (C=O) groups excluding carboxylic acids is 1. The van der Waals surface area contributed by atoms with Crippen LogP contribution in [0.15, 0.2) is 36.4 Å². The SMILES string of the molecule is Cc1cc(NC2CCN(C(=O)COC3CCC(Nc4ccc(C#N)c(CF)c4)CC3)CC2)ccc1C#N. The van der Waals surface area contributed by atoms with Crippen molar-refractivity contribution in [2.45, 2.75) is 70.3 Å². The smallest absolute Gasteiger partial charge is 0.248 e. The molecule has 4 rings (SSSR count). The zero-order valence-corrected chi connectivity index (χ0v) is 21.3. The van der Waals surface area contributed by atoms with Crippen LogP contribution in [0.25, 0.3) is 0 Å². The Hall–Kier alpha value is -3.62. The highest BCUT2D eigenvalue weighted by atomic mass is 19.1. The molecule has 0 bridgehead atoms. The Balaban J connectivity index is 1.15. The van der Waals surface area contributed by atoms with Gasteiger partial charge in [0.1, 0.15) is 13.3 Å². The van der Waals surface area contributed by atoms with Gasteiger partial charge in [0, 0.05) is 42.1 Å².